The molecule has 0 N–H and O–H groups in total. The lowest BCUT2D eigenvalue weighted by Crippen LogP contribution is -2.18. The summed E-state index contributed by atoms with van der Waals surface area (Å²) in [5.74, 6) is 0.698. The Kier molecular flexibility index (Phi) is 6.46. The Morgan fingerprint density at radius 2 is 1.88 bits per heavy atom. The minimum atomic E-state index is 0.137. The Bertz CT molecular complexity index is 309. The lowest BCUT2D eigenvalue weighted by Gasteiger charge is -2.25. The van der Waals surface area contributed by atoms with Gasteiger partial charge in [0.1, 0.15) is 0 Å². The highest BCUT2D eigenvalue weighted by Crippen LogP contribution is 2.30. The van der Waals surface area contributed by atoms with Crippen molar-refractivity contribution >= 4 is 12.2 Å². The van der Waals surface area contributed by atoms with Crippen molar-refractivity contribution in [2.45, 2.75) is 64.0 Å². The topological polar surface area (TPSA) is 58.9 Å². The van der Waals surface area contributed by atoms with Crippen molar-refractivity contribution in [3.63, 3.8) is 0 Å². The number of rotatable bonds is 6. The van der Waals surface area contributed by atoms with Gasteiger partial charge in [-0.2, -0.15) is 0 Å². The van der Waals surface area contributed by atoms with Crippen LogP contribution in [-0.4, -0.2) is 24.2 Å². The minimum Gasteiger partial charge on any atom is -0.211 e. The molecule has 1 fully saturated rings. The third kappa shape index (κ3) is 5.08. The van der Waals surface area contributed by atoms with Gasteiger partial charge < -0.3 is 0 Å². The molecule has 1 aliphatic rings. The first kappa shape index (κ1) is 13.8. The zero-order valence-corrected chi connectivity index (χ0v) is 10.4. The molecular formula is C13H20N2O2. The fraction of sp³-hybridized carbons (Fsp3) is 0.846. The van der Waals surface area contributed by atoms with E-state index in [1.165, 1.54) is 0 Å². The zero-order valence-electron chi connectivity index (χ0n) is 10.4. The maximum absolute atomic E-state index is 10.2. The third-order valence-electron chi connectivity index (χ3n) is 3.67. The van der Waals surface area contributed by atoms with Crippen molar-refractivity contribution < 1.29 is 9.59 Å². The first-order valence-corrected chi connectivity index (χ1v) is 6.44. The Morgan fingerprint density at radius 3 is 2.41 bits per heavy atom. The van der Waals surface area contributed by atoms with Gasteiger partial charge in [-0.05, 0) is 50.9 Å². The number of carbonyl (C=O) groups excluding carboxylic acids is 2. The van der Waals surface area contributed by atoms with E-state index in [0.717, 1.165) is 44.9 Å². The number of hydrogen-bond acceptors (Lipinski definition) is 4. The van der Waals surface area contributed by atoms with Crippen molar-refractivity contribution in [1.82, 2.24) is 0 Å². The first-order chi connectivity index (χ1) is 8.30. The molecule has 1 rings (SSSR count). The Labute approximate surface area is 102 Å². The highest BCUT2D eigenvalue weighted by Gasteiger charge is 2.21. The summed E-state index contributed by atoms with van der Waals surface area (Å²) in [6.45, 7) is 2.04. The van der Waals surface area contributed by atoms with Crippen molar-refractivity contribution in [3.05, 3.63) is 0 Å². The minimum absolute atomic E-state index is 0.137. The fourth-order valence-corrected chi connectivity index (χ4v) is 2.50. The van der Waals surface area contributed by atoms with E-state index in [1.807, 2.05) is 6.92 Å². The van der Waals surface area contributed by atoms with Crippen LogP contribution in [0.1, 0.15) is 51.9 Å². The summed E-state index contributed by atoms with van der Waals surface area (Å²) in [6.07, 6.45) is 10.5. The van der Waals surface area contributed by atoms with Crippen molar-refractivity contribution in [2.75, 3.05) is 0 Å². The predicted molar refractivity (Wildman–Crippen MR) is 65.3 cm³/mol. The lowest BCUT2D eigenvalue weighted by molar-refractivity contribution is 0.298. The largest absolute Gasteiger partial charge is 0.235 e. The molecule has 0 radical (unpaired) electrons. The van der Waals surface area contributed by atoms with Crippen LogP contribution in [0.5, 0.6) is 0 Å². The van der Waals surface area contributed by atoms with Gasteiger partial charge in [-0.1, -0.05) is 6.92 Å². The summed E-state index contributed by atoms with van der Waals surface area (Å²) in [6, 6.07) is 0.330. The van der Waals surface area contributed by atoms with Gasteiger partial charge in [0.25, 0.3) is 0 Å². The van der Waals surface area contributed by atoms with Crippen LogP contribution in [-0.2, 0) is 9.59 Å². The molecule has 0 amide bonds. The predicted octanol–water partition coefficient (Wildman–Crippen LogP) is 2.78. The molecule has 0 aromatic heterocycles. The number of aliphatic imine (C=N–C) groups is 2. The monoisotopic (exact) mass is 236 g/mol. The Morgan fingerprint density at radius 1 is 1.18 bits per heavy atom. The standard InChI is InChI=1S/C13H20N2O2/c1-2-12(14-9-16)6-3-11-4-7-13(8-5-11)15-10-17/h11-13H,2-8H2,1H3. The molecule has 0 aromatic rings. The van der Waals surface area contributed by atoms with Gasteiger partial charge in [-0.3, -0.25) is 0 Å². The smallest absolute Gasteiger partial charge is 0.211 e. The van der Waals surface area contributed by atoms with Crippen LogP contribution in [0.15, 0.2) is 9.98 Å². The van der Waals surface area contributed by atoms with E-state index in [0.29, 0.717) is 5.92 Å². The average Bonchev–Trinajstić information content (AvgIpc) is 2.36. The maximum atomic E-state index is 10.2. The average molecular weight is 236 g/mol. The summed E-state index contributed by atoms with van der Waals surface area (Å²) < 4.78 is 0. The second-order valence-electron chi connectivity index (χ2n) is 4.75. The molecule has 1 saturated carbocycles. The lowest BCUT2D eigenvalue weighted by atomic mass is 9.83. The van der Waals surface area contributed by atoms with Crippen LogP contribution in [0.3, 0.4) is 0 Å². The second-order valence-corrected chi connectivity index (χ2v) is 4.75. The molecular weight excluding hydrogens is 216 g/mol. The summed E-state index contributed by atoms with van der Waals surface area (Å²) in [5.41, 5.74) is 0. The van der Waals surface area contributed by atoms with Crippen LogP contribution in [0.4, 0.5) is 0 Å². The van der Waals surface area contributed by atoms with Gasteiger partial charge in [0.15, 0.2) is 0 Å². The summed E-state index contributed by atoms with van der Waals surface area (Å²) in [5, 5.41) is 0. The first-order valence-electron chi connectivity index (χ1n) is 6.44. The fourth-order valence-electron chi connectivity index (χ4n) is 2.50. The van der Waals surface area contributed by atoms with Gasteiger partial charge in [-0.15, -0.1) is 0 Å². The number of hydrogen-bond donors (Lipinski definition) is 0. The quantitative estimate of drug-likeness (QED) is 0.526. The van der Waals surface area contributed by atoms with Gasteiger partial charge in [0.2, 0.25) is 12.2 Å². The Balaban J connectivity index is 2.26. The van der Waals surface area contributed by atoms with E-state index < -0.39 is 0 Å². The maximum Gasteiger partial charge on any atom is 0.235 e. The van der Waals surface area contributed by atoms with E-state index in [2.05, 4.69) is 9.98 Å². The van der Waals surface area contributed by atoms with E-state index in [-0.39, 0.29) is 12.1 Å². The summed E-state index contributed by atoms with van der Waals surface area (Å²) in [7, 11) is 0. The molecule has 17 heavy (non-hydrogen) atoms. The molecule has 0 heterocycles. The SMILES string of the molecule is CCC(CCC1CCC(N=C=O)CC1)N=C=O. The molecule has 4 nitrogen and oxygen atoms in total. The highest BCUT2D eigenvalue weighted by atomic mass is 16.1. The molecule has 0 saturated heterocycles. The van der Waals surface area contributed by atoms with Crippen molar-refractivity contribution in [2.24, 2.45) is 15.9 Å². The molecule has 0 bridgehead atoms. The number of isocyanates is 2. The van der Waals surface area contributed by atoms with Crippen molar-refractivity contribution in [3.8, 4) is 0 Å². The van der Waals surface area contributed by atoms with E-state index in [4.69, 9.17) is 0 Å². The van der Waals surface area contributed by atoms with E-state index in [9.17, 15) is 9.59 Å². The van der Waals surface area contributed by atoms with Gasteiger partial charge in [-0.25, -0.2) is 19.6 Å². The normalized spacial score (nSPS) is 25.5. The Hall–Kier alpha value is -1.24. The van der Waals surface area contributed by atoms with Gasteiger partial charge in [0.05, 0.1) is 12.1 Å². The molecule has 1 unspecified atom stereocenters. The summed E-state index contributed by atoms with van der Waals surface area (Å²) >= 11 is 0. The van der Waals surface area contributed by atoms with Crippen molar-refractivity contribution in [1.29, 1.82) is 0 Å². The molecule has 1 atom stereocenters. The molecule has 0 spiro atoms. The molecule has 1 aliphatic carbocycles. The van der Waals surface area contributed by atoms with Crippen LogP contribution in [0.25, 0.3) is 0 Å². The third-order valence-corrected chi connectivity index (χ3v) is 3.67. The second kappa shape index (κ2) is 7.94. The molecule has 4 heteroatoms. The molecule has 94 valence electrons. The van der Waals surface area contributed by atoms with E-state index >= 15 is 0 Å². The van der Waals surface area contributed by atoms with Crippen LogP contribution >= 0.6 is 0 Å². The van der Waals surface area contributed by atoms with Crippen LogP contribution in [0.2, 0.25) is 0 Å². The summed E-state index contributed by atoms with van der Waals surface area (Å²) in [4.78, 5) is 27.9. The van der Waals surface area contributed by atoms with Crippen LogP contribution in [0, 0.1) is 5.92 Å². The van der Waals surface area contributed by atoms with Crippen LogP contribution < -0.4 is 0 Å². The number of nitrogens with zero attached hydrogens (tertiary/aromatic N) is 2. The highest BCUT2D eigenvalue weighted by molar-refractivity contribution is 5.33. The van der Waals surface area contributed by atoms with Gasteiger partial charge in [0, 0.05) is 0 Å². The van der Waals surface area contributed by atoms with E-state index in [1.54, 1.807) is 12.2 Å². The van der Waals surface area contributed by atoms with Gasteiger partial charge >= 0.3 is 0 Å². The molecule has 0 aliphatic heterocycles. The zero-order chi connectivity index (χ0) is 12.5. The molecule has 0 aromatic carbocycles.